The van der Waals surface area contributed by atoms with Crippen molar-refractivity contribution in [3.8, 4) is 0 Å². The molecule has 0 spiro atoms. The van der Waals surface area contributed by atoms with Gasteiger partial charge in [0.2, 0.25) is 0 Å². The van der Waals surface area contributed by atoms with Gasteiger partial charge in [0.25, 0.3) is 10.0 Å². The Morgan fingerprint density at radius 1 is 1.40 bits per heavy atom. The number of imidazole rings is 1. The predicted octanol–water partition coefficient (Wildman–Crippen LogP) is 1.58. The second-order valence-electron chi connectivity index (χ2n) is 4.89. The molecule has 0 fully saturated rings. The highest BCUT2D eigenvalue weighted by Crippen LogP contribution is 2.26. The molecule has 2 N–H and O–H groups in total. The van der Waals surface area contributed by atoms with Gasteiger partial charge in [-0.05, 0) is 30.5 Å². The van der Waals surface area contributed by atoms with Crippen molar-refractivity contribution in [1.29, 1.82) is 0 Å². The molecule has 0 aliphatic carbocycles. The fraction of sp³-hybridized carbons (Fsp3) is 0.308. The molecule has 0 atom stereocenters. The Balaban J connectivity index is 1.87. The van der Waals surface area contributed by atoms with Gasteiger partial charge < -0.3 is 9.88 Å². The first-order chi connectivity index (χ1) is 9.54. The summed E-state index contributed by atoms with van der Waals surface area (Å²) >= 11 is 0. The SMILES string of the molecule is Cn1cnc(S(=O)(=O)Nc2ccc3c(c2)NCCC3)c1. The second kappa shape index (κ2) is 4.82. The second-order valence-corrected chi connectivity index (χ2v) is 6.51. The Hall–Kier alpha value is -2.02. The normalized spacial score (nSPS) is 14.4. The van der Waals surface area contributed by atoms with Crippen LogP contribution in [0.4, 0.5) is 11.4 Å². The van der Waals surface area contributed by atoms with Gasteiger partial charge in [0, 0.05) is 25.5 Å². The number of fused-ring (bicyclic) bond motifs is 1. The number of sulfonamides is 1. The van der Waals surface area contributed by atoms with E-state index in [0.717, 1.165) is 25.1 Å². The Labute approximate surface area is 117 Å². The van der Waals surface area contributed by atoms with Crippen LogP contribution in [-0.4, -0.2) is 24.5 Å². The molecule has 0 amide bonds. The Bertz CT molecular complexity index is 737. The van der Waals surface area contributed by atoms with E-state index in [1.54, 1.807) is 17.7 Å². The number of hydrogen-bond acceptors (Lipinski definition) is 4. The van der Waals surface area contributed by atoms with Crippen LogP contribution in [0.25, 0.3) is 0 Å². The maximum Gasteiger partial charge on any atom is 0.280 e. The van der Waals surface area contributed by atoms with E-state index in [2.05, 4.69) is 15.0 Å². The molecule has 1 aromatic heterocycles. The average Bonchev–Trinajstić information content (AvgIpc) is 2.86. The summed E-state index contributed by atoms with van der Waals surface area (Å²) in [5.41, 5.74) is 2.76. The first-order valence-electron chi connectivity index (χ1n) is 6.42. The molecule has 3 rings (SSSR count). The molecule has 2 heterocycles. The van der Waals surface area contributed by atoms with Gasteiger partial charge in [-0.25, -0.2) is 4.98 Å². The molecule has 2 aromatic rings. The van der Waals surface area contributed by atoms with Crippen molar-refractivity contribution in [1.82, 2.24) is 9.55 Å². The lowest BCUT2D eigenvalue weighted by molar-refractivity contribution is 0.598. The number of nitrogens with zero attached hydrogens (tertiary/aromatic N) is 2. The van der Waals surface area contributed by atoms with Crippen molar-refractivity contribution in [2.24, 2.45) is 7.05 Å². The highest BCUT2D eigenvalue weighted by molar-refractivity contribution is 7.92. The smallest absolute Gasteiger partial charge is 0.280 e. The number of anilines is 2. The minimum atomic E-state index is -3.63. The molecular formula is C13H16N4O2S. The van der Waals surface area contributed by atoms with Gasteiger partial charge in [-0.3, -0.25) is 4.72 Å². The van der Waals surface area contributed by atoms with Crippen LogP contribution in [-0.2, 0) is 23.5 Å². The van der Waals surface area contributed by atoms with Gasteiger partial charge in [0.05, 0.1) is 12.0 Å². The van der Waals surface area contributed by atoms with E-state index in [1.165, 1.54) is 18.1 Å². The fourth-order valence-corrected chi connectivity index (χ4v) is 3.29. The summed E-state index contributed by atoms with van der Waals surface area (Å²) in [5, 5.41) is 3.30. The summed E-state index contributed by atoms with van der Waals surface area (Å²) in [6.07, 6.45) is 5.06. The van der Waals surface area contributed by atoms with Crippen LogP contribution in [0.1, 0.15) is 12.0 Å². The fourth-order valence-electron chi connectivity index (χ4n) is 2.26. The highest BCUT2D eigenvalue weighted by Gasteiger charge is 2.18. The monoisotopic (exact) mass is 292 g/mol. The largest absolute Gasteiger partial charge is 0.385 e. The van der Waals surface area contributed by atoms with Crippen LogP contribution >= 0.6 is 0 Å². The minimum absolute atomic E-state index is 0.0191. The van der Waals surface area contributed by atoms with Crippen molar-refractivity contribution in [3.63, 3.8) is 0 Å². The van der Waals surface area contributed by atoms with E-state index in [4.69, 9.17) is 0 Å². The summed E-state index contributed by atoms with van der Waals surface area (Å²) in [6, 6.07) is 5.57. The van der Waals surface area contributed by atoms with Gasteiger partial charge in [-0.15, -0.1) is 0 Å². The number of benzene rings is 1. The average molecular weight is 292 g/mol. The van der Waals surface area contributed by atoms with Crippen LogP contribution < -0.4 is 10.0 Å². The Morgan fingerprint density at radius 3 is 3.00 bits per heavy atom. The van der Waals surface area contributed by atoms with E-state index >= 15 is 0 Å². The topological polar surface area (TPSA) is 76.0 Å². The number of rotatable bonds is 3. The predicted molar refractivity (Wildman–Crippen MR) is 77.3 cm³/mol. The lowest BCUT2D eigenvalue weighted by Crippen LogP contribution is -2.15. The van der Waals surface area contributed by atoms with Crippen molar-refractivity contribution in [2.45, 2.75) is 17.9 Å². The molecule has 0 unspecified atom stereocenters. The maximum atomic E-state index is 12.2. The zero-order valence-electron chi connectivity index (χ0n) is 11.1. The Kier molecular flexibility index (Phi) is 3.13. The van der Waals surface area contributed by atoms with Crippen molar-refractivity contribution in [3.05, 3.63) is 36.3 Å². The van der Waals surface area contributed by atoms with Crippen LogP contribution in [0.15, 0.2) is 35.7 Å². The molecule has 0 saturated heterocycles. The van der Waals surface area contributed by atoms with Gasteiger partial charge in [-0.2, -0.15) is 8.42 Å². The molecule has 0 bridgehead atoms. The molecule has 1 aliphatic rings. The van der Waals surface area contributed by atoms with Gasteiger partial charge >= 0.3 is 0 Å². The third kappa shape index (κ3) is 2.49. The summed E-state index contributed by atoms with van der Waals surface area (Å²) in [6.45, 7) is 0.920. The van der Waals surface area contributed by atoms with Crippen LogP contribution in [0.3, 0.4) is 0 Å². The first kappa shape index (κ1) is 13.0. The number of aromatic nitrogens is 2. The summed E-state index contributed by atoms with van der Waals surface area (Å²) in [4.78, 5) is 3.87. The molecule has 1 aromatic carbocycles. The summed E-state index contributed by atoms with van der Waals surface area (Å²) in [7, 11) is -1.90. The molecule has 0 radical (unpaired) electrons. The quantitative estimate of drug-likeness (QED) is 0.900. The lowest BCUT2D eigenvalue weighted by Gasteiger charge is -2.18. The standard InChI is InChI=1S/C13H16N4O2S/c1-17-8-13(15-9-17)20(18,19)16-11-5-4-10-3-2-6-14-12(10)7-11/h4-5,7-9,14,16H,2-3,6H2,1H3. The van der Waals surface area contributed by atoms with Crippen molar-refractivity contribution < 1.29 is 8.42 Å². The number of hydrogen-bond donors (Lipinski definition) is 2. The van der Waals surface area contributed by atoms with E-state index < -0.39 is 10.0 Å². The van der Waals surface area contributed by atoms with Gasteiger partial charge in [0.15, 0.2) is 5.03 Å². The third-order valence-electron chi connectivity index (χ3n) is 3.26. The van der Waals surface area contributed by atoms with Crippen LogP contribution in [0.5, 0.6) is 0 Å². The Morgan fingerprint density at radius 2 is 2.25 bits per heavy atom. The molecule has 7 heteroatoms. The van der Waals surface area contributed by atoms with Gasteiger partial charge in [0.1, 0.15) is 0 Å². The van der Waals surface area contributed by atoms with E-state index in [1.807, 2.05) is 12.1 Å². The van der Waals surface area contributed by atoms with Crippen LogP contribution in [0, 0.1) is 0 Å². The molecule has 0 saturated carbocycles. The first-order valence-corrected chi connectivity index (χ1v) is 7.90. The van der Waals surface area contributed by atoms with Crippen molar-refractivity contribution in [2.75, 3.05) is 16.6 Å². The zero-order chi connectivity index (χ0) is 14.2. The van der Waals surface area contributed by atoms with E-state index in [-0.39, 0.29) is 5.03 Å². The molecule has 20 heavy (non-hydrogen) atoms. The van der Waals surface area contributed by atoms with E-state index in [9.17, 15) is 8.42 Å². The van der Waals surface area contributed by atoms with E-state index in [0.29, 0.717) is 5.69 Å². The summed E-state index contributed by atoms with van der Waals surface area (Å²) < 4.78 is 28.5. The molecule has 6 nitrogen and oxygen atoms in total. The molecular weight excluding hydrogens is 276 g/mol. The lowest BCUT2D eigenvalue weighted by atomic mass is 10.0. The summed E-state index contributed by atoms with van der Waals surface area (Å²) in [5.74, 6) is 0. The number of aryl methyl sites for hydroxylation is 2. The van der Waals surface area contributed by atoms with Crippen LogP contribution in [0.2, 0.25) is 0 Å². The number of nitrogens with one attached hydrogen (secondary N) is 2. The maximum absolute atomic E-state index is 12.2. The van der Waals surface area contributed by atoms with Crippen molar-refractivity contribution >= 4 is 21.4 Å². The molecule has 1 aliphatic heterocycles. The molecule has 106 valence electrons. The third-order valence-corrected chi connectivity index (χ3v) is 4.52. The zero-order valence-corrected chi connectivity index (χ0v) is 11.9. The van der Waals surface area contributed by atoms with Gasteiger partial charge in [-0.1, -0.05) is 6.07 Å². The highest BCUT2D eigenvalue weighted by atomic mass is 32.2. The minimum Gasteiger partial charge on any atom is -0.385 e.